The summed E-state index contributed by atoms with van der Waals surface area (Å²) in [5.41, 5.74) is 5.58. The summed E-state index contributed by atoms with van der Waals surface area (Å²) in [5, 5.41) is 9.10. The minimum absolute atomic E-state index is 0.713. The number of rotatable bonds is 5. The average molecular weight is 295 g/mol. The molecule has 0 saturated heterocycles. The van der Waals surface area contributed by atoms with E-state index in [9.17, 15) is 0 Å². The molecule has 0 saturated carbocycles. The lowest BCUT2D eigenvalue weighted by atomic mass is 9.95. The Morgan fingerprint density at radius 1 is 1.14 bits per heavy atom. The average Bonchev–Trinajstić information content (AvgIpc) is 2.56. The van der Waals surface area contributed by atoms with E-state index in [1.165, 1.54) is 16.7 Å². The van der Waals surface area contributed by atoms with Crippen LogP contribution < -0.4 is 0 Å². The Labute approximate surface area is 136 Å². The van der Waals surface area contributed by atoms with Crippen molar-refractivity contribution in [3.63, 3.8) is 0 Å². The maximum Gasteiger partial charge on any atom is 0.0991 e. The van der Waals surface area contributed by atoms with Gasteiger partial charge in [-0.3, -0.25) is 0 Å². The predicted molar refractivity (Wildman–Crippen MR) is 98.7 cm³/mol. The lowest BCUT2D eigenvalue weighted by Crippen LogP contribution is -1.92. The maximum atomic E-state index is 9.10. The minimum atomic E-state index is 0.713. The molecule has 0 unspecified atom stereocenters. The van der Waals surface area contributed by atoms with Crippen LogP contribution >= 0.6 is 0 Å². The molecule has 0 aromatic heterocycles. The Morgan fingerprint density at radius 2 is 1.82 bits per heavy atom. The summed E-state index contributed by atoms with van der Waals surface area (Å²) < 4.78 is 0. The number of hydrogen-bond donors (Lipinski definition) is 0. The van der Waals surface area contributed by atoms with Gasteiger partial charge in [-0.2, -0.15) is 5.26 Å². The molecule has 1 aromatic carbocycles. The summed E-state index contributed by atoms with van der Waals surface area (Å²) in [6, 6.07) is 8.17. The SMILES string of the molecule is CC.CC/C=C\C(=C/C=C(C)C)c1cc(C#N)ccc1CC. The van der Waals surface area contributed by atoms with Crippen LogP contribution in [0.15, 0.2) is 48.1 Å². The summed E-state index contributed by atoms with van der Waals surface area (Å²) >= 11 is 0. The normalized spacial score (nSPS) is 10.7. The zero-order valence-corrected chi connectivity index (χ0v) is 14.9. The summed E-state index contributed by atoms with van der Waals surface area (Å²) in [4.78, 5) is 0. The number of nitrogens with zero attached hydrogens (tertiary/aromatic N) is 1. The molecular formula is C21H29N. The largest absolute Gasteiger partial charge is 0.192 e. The highest BCUT2D eigenvalue weighted by molar-refractivity contribution is 5.78. The molecule has 0 aliphatic heterocycles. The van der Waals surface area contributed by atoms with Crippen molar-refractivity contribution in [1.82, 2.24) is 0 Å². The fourth-order valence-electron chi connectivity index (χ4n) is 1.96. The second-order valence-corrected chi connectivity index (χ2v) is 5.01. The van der Waals surface area contributed by atoms with Crippen molar-refractivity contribution < 1.29 is 0 Å². The first-order valence-electron chi connectivity index (χ1n) is 8.17. The molecule has 0 radical (unpaired) electrons. The van der Waals surface area contributed by atoms with Crippen molar-refractivity contribution in [3.8, 4) is 6.07 Å². The van der Waals surface area contributed by atoms with Crippen molar-refractivity contribution >= 4 is 5.57 Å². The highest BCUT2D eigenvalue weighted by atomic mass is 14.2. The lowest BCUT2D eigenvalue weighted by molar-refractivity contribution is 1.13. The highest BCUT2D eigenvalue weighted by Gasteiger charge is 2.05. The fraction of sp³-hybridized carbons (Fsp3) is 0.381. The van der Waals surface area contributed by atoms with Crippen molar-refractivity contribution in [2.75, 3.05) is 0 Å². The van der Waals surface area contributed by atoms with Gasteiger partial charge in [0.1, 0.15) is 0 Å². The van der Waals surface area contributed by atoms with Gasteiger partial charge < -0.3 is 0 Å². The van der Waals surface area contributed by atoms with E-state index >= 15 is 0 Å². The van der Waals surface area contributed by atoms with Crippen molar-refractivity contribution in [1.29, 1.82) is 5.26 Å². The second kappa shape index (κ2) is 11.6. The van der Waals surface area contributed by atoms with E-state index in [1.807, 2.05) is 26.0 Å². The van der Waals surface area contributed by atoms with E-state index in [4.69, 9.17) is 5.26 Å². The molecule has 1 aromatic rings. The topological polar surface area (TPSA) is 23.8 Å². The Bertz CT molecular complexity index is 576. The van der Waals surface area contributed by atoms with Gasteiger partial charge >= 0.3 is 0 Å². The fourth-order valence-corrected chi connectivity index (χ4v) is 1.96. The number of nitriles is 1. The first-order chi connectivity index (χ1) is 10.6. The van der Waals surface area contributed by atoms with Crippen LogP contribution in [-0.2, 0) is 6.42 Å². The number of hydrogen-bond acceptors (Lipinski definition) is 1. The smallest absolute Gasteiger partial charge is 0.0991 e. The number of allylic oxidation sites excluding steroid dienone is 6. The predicted octanol–water partition coefficient (Wildman–Crippen LogP) is 6.46. The van der Waals surface area contributed by atoms with Crippen LogP contribution in [0, 0.1) is 11.3 Å². The molecule has 1 heteroatoms. The molecule has 0 atom stereocenters. The van der Waals surface area contributed by atoms with E-state index in [0.29, 0.717) is 5.56 Å². The quantitative estimate of drug-likeness (QED) is 0.572. The van der Waals surface area contributed by atoms with Gasteiger partial charge in [0.25, 0.3) is 0 Å². The van der Waals surface area contributed by atoms with Gasteiger partial charge in [0.05, 0.1) is 11.6 Å². The van der Waals surface area contributed by atoms with Crippen molar-refractivity contribution in [2.24, 2.45) is 0 Å². The molecule has 0 heterocycles. The first-order valence-corrected chi connectivity index (χ1v) is 8.17. The van der Waals surface area contributed by atoms with Crippen LogP contribution in [0.1, 0.15) is 64.7 Å². The van der Waals surface area contributed by atoms with Gasteiger partial charge in [0.15, 0.2) is 0 Å². The van der Waals surface area contributed by atoms with E-state index in [0.717, 1.165) is 18.4 Å². The summed E-state index contributed by atoms with van der Waals surface area (Å²) in [6.45, 7) is 12.4. The number of benzene rings is 1. The van der Waals surface area contributed by atoms with Crippen LogP contribution in [0.4, 0.5) is 0 Å². The monoisotopic (exact) mass is 295 g/mol. The molecule has 1 rings (SSSR count). The Morgan fingerprint density at radius 3 is 2.32 bits per heavy atom. The van der Waals surface area contributed by atoms with E-state index in [2.05, 4.69) is 64.1 Å². The van der Waals surface area contributed by atoms with Gasteiger partial charge in [0.2, 0.25) is 0 Å². The van der Waals surface area contributed by atoms with E-state index in [-0.39, 0.29) is 0 Å². The van der Waals surface area contributed by atoms with Crippen molar-refractivity contribution in [3.05, 3.63) is 64.8 Å². The molecule has 0 amide bonds. The molecule has 118 valence electrons. The maximum absolute atomic E-state index is 9.10. The van der Waals surface area contributed by atoms with Gasteiger partial charge in [-0.1, -0.05) is 63.6 Å². The molecule has 0 bridgehead atoms. The first kappa shape index (κ1) is 19.9. The molecule has 22 heavy (non-hydrogen) atoms. The molecule has 0 fully saturated rings. The van der Waals surface area contributed by atoms with E-state index < -0.39 is 0 Å². The third kappa shape index (κ3) is 6.59. The third-order valence-corrected chi connectivity index (χ3v) is 3.06. The standard InChI is InChI=1S/C19H23N.C2H6/c1-5-7-8-18(11-9-15(3)4)19-13-16(14-20)10-12-17(19)6-2;1-2/h7-13H,5-6H2,1-4H3;1-2H3/b8-7-,18-11+;. The highest BCUT2D eigenvalue weighted by Crippen LogP contribution is 2.23. The van der Waals surface area contributed by atoms with Crippen LogP contribution in [-0.4, -0.2) is 0 Å². The Kier molecular flexibility index (Phi) is 10.5. The van der Waals surface area contributed by atoms with Gasteiger partial charge in [-0.05, 0) is 55.5 Å². The minimum Gasteiger partial charge on any atom is -0.192 e. The zero-order valence-electron chi connectivity index (χ0n) is 14.9. The Balaban J connectivity index is 0.00000211. The van der Waals surface area contributed by atoms with Gasteiger partial charge in [-0.15, -0.1) is 0 Å². The van der Waals surface area contributed by atoms with Gasteiger partial charge in [0, 0.05) is 0 Å². The van der Waals surface area contributed by atoms with Crippen LogP contribution in [0.25, 0.3) is 5.57 Å². The molecule has 0 aliphatic rings. The molecular weight excluding hydrogens is 266 g/mol. The Hall–Kier alpha value is -2.07. The zero-order chi connectivity index (χ0) is 17.0. The second-order valence-electron chi connectivity index (χ2n) is 5.01. The molecule has 0 spiro atoms. The van der Waals surface area contributed by atoms with Gasteiger partial charge in [-0.25, -0.2) is 0 Å². The van der Waals surface area contributed by atoms with Crippen LogP contribution in [0.5, 0.6) is 0 Å². The van der Waals surface area contributed by atoms with Crippen LogP contribution in [0.3, 0.4) is 0 Å². The number of aryl methyl sites for hydroxylation is 1. The summed E-state index contributed by atoms with van der Waals surface area (Å²) in [5.74, 6) is 0. The molecule has 1 nitrogen and oxygen atoms in total. The molecule has 0 aliphatic carbocycles. The van der Waals surface area contributed by atoms with Crippen LogP contribution in [0.2, 0.25) is 0 Å². The van der Waals surface area contributed by atoms with E-state index in [1.54, 1.807) is 0 Å². The summed E-state index contributed by atoms with van der Waals surface area (Å²) in [6.07, 6.45) is 10.5. The lowest BCUT2D eigenvalue weighted by Gasteiger charge is -2.09. The third-order valence-electron chi connectivity index (χ3n) is 3.06. The summed E-state index contributed by atoms with van der Waals surface area (Å²) in [7, 11) is 0. The van der Waals surface area contributed by atoms with Crippen molar-refractivity contribution in [2.45, 2.75) is 54.4 Å². The molecule has 0 N–H and O–H groups in total.